The van der Waals surface area contributed by atoms with Gasteiger partial charge >= 0.3 is 0 Å². The molecule has 1 unspecified atom stereocenters. The molecule has 2 heterocycles. The summed E-state index contributed by atoms with van der Waals surface area (Å²) in [6.45, 7) is 2.30. The molecule has 4 heteroatoms. The number of nitrogens with two attached hydrogens (primary N) is 1. The first kappa shape index (κ1) is 8.16. The summed E-state index contributed by atoms with van der Waals surface area (Å²) in [5.41, 5.74) is 5.48. The van der Waals surface area contributed by atoms with E-state index in [0.29, 0.717) is 12.5 Å². The second kappa shape index (κ2) is 3.51. The highest BCUT2D eigenvalue weighted by Gasteiger charge is 2.19. The van der Waals surface area contributed by atoms with E-state index in [0.717, 1.165) is 24.6 Å². The maximum atomic E-state index is 5.48. The normalized spacial score (nSPS) is 23.2. The highest BCUT2D eigenvalue weighted by molar-refractivity contribution is 7.11. The molecule has 2 rings (SSSR count). The predicted molar refractivity (Wildman–Crippen MR) is 48.2 cm³/mol. The summed E-state index contributed by atoms with van der Waals surface area (Å²) in [7, 11) is 0. The number of rotatable bonds is 2. The first-order valence-corrected chi connectivity index (χ1v) is 4.94. The van der Waals surface area contributed by atoms with Gasteiger partial charge in [0, 0.05) is 30.1 Å². The molecule has 1 fully saturated rings. The molecule has 12 heavy (non-hydrogen) atoms. The van der Waals surface area contributed by atoms with Crippen LogP contribution in [-0.2, 0) is 11.3 Å². The van der Waals surface area contributed by atoms with E-state index in [2.05, 4.69) is 4.98 Å². The lowest BCUT2D eigenvalue weighted by atomic mass is 10.1. The molecule has 1 aliphatic heterocycles. The van der Waals surface area contributed by atoms with Gasteiger partial charge in [0.15, 0.2) is 0 Å². The van der Waals surface area contributed by atoms with E-state index in [4.69, 9.17) is 10.5 Å². The minimum Gasteiger partial charge on any atom is -0.381 e. The second-order valence-corrected chi connectivity index (χ2v) is 4.07. The molecular formula is C8H12N2OS. The average Bonchev–Trinajstić information content (AvgIpc) is 2.75. The van der Waals surface area contributed by atoms with Crippen LogP contribution in [0.25, 0.3) is 0 Å². The molecule has 0 aromatic carbocycles. The Balaban J connectivity index is 2.11. The predicted octanol–water partition coefficient (Wildman–Crippen LogP) is 1.11. The summed E-state index contributed by atoms with van der Waals surface area (Å²) in [5.74, 6) is 0.572. The van der Waals surface area contributed by atoms with Gasteiger partial charge in [-0.25, -0.2) is 4.98 Å². The molecule has 0 saturated carbocycles. The standard InChI is InChI=1S/C8H12N2OS/c9-3-8-10-4-7(12-8)6-1-2-11-5-6/h4,6H,1-3,5,9H2. The second-order valence-electron chi connectivity index (χ2n) is 2.92. The molecule has 3 nitrogen and oxygen atoms in total. The van der Waals surface area contributed by atoms with Crippen molar-refractivity contribution in [1.29, 1.82) is 0 Å². The molecule has 1 saturated heterocycles. The van der Waals surface area contributed by atoms with E-state index in [1.54, 1.807) is 11.3 Å². The third-order valence-electron chi connectivity index (χ3n) is 2.08. The molecule has 1 atom stereocenters. The van der Waals surface area contributed by atoms with Gasteiger partial charge in [0.2, 0.25) is 0 Å². The Bertz CT molecular complexity index is 255. The van der Waals surface area contributed by atoms with E-state index >= 15 is 0 Å². The van der Waals surface area contributed by atoms with Crippen LogP contribution < -0.4 is 5.73 Å². The average molecular weight is 184 g/mol. The minimum atomic E-state index is 0.554. The van der Waals surface area contributed by atoms with Crippen molar-refractivity contribution < 1.29 is 4.74 Å². The van der Waals surface area contributed by atoms with E-state index in [1.165, 1.54) is 4.88 Å². The van der Waals surface area contributed by atoms with Gasteiger partial charge in [0.1, 0.15) is 5.01 Å². The van der Waals surface area contributed by atoms with E-state index in [9.17, 15) is 0 Å². The number of nitrogens with zero attached hydrogens (tertiary/aromatic N) is 1. The third-order valence-corrected chi connectivity index (χ3v) is 3.26. The molecule has 66 valence electrons. The van der Waals surface area contributed by atoms with Crippen LogP contribution in [0, 0.1) is 0 Å². The van der Waals surface area contributed by atoms with Crippen LogP contribution in [0.3, 0.4) is 0 Å². The maximum absolute atomic E-state index is 5.48. The zero-order valence-corrected chi connectivity index (χ0v) is 7.64. The lowest BCUT2D eigenvalue weighted by Crippen LogP contribution is -1.94. The molecule has 0 spiro atoms. The molecule has 1 aliphatic rings. The van der Waals surface area contributed by atoms with E-state index in [-0.39, 0.29) is 0 Å². The van der Waals surface area contributed by atoms with Crippen molar-refractivity contribution in [3.05, 3.63) is 16.1 Å². The minimum absolute atomic E-state index is 0.554. The molecule has 1 aromatic heterocycles. The van der Waals surface area contributed by atoms with E-state index < -0.39 is 0 Å². The van der Waals surface area contributed by atoms with Gasteiger partial charge in [0.25, 0.3) is 0 Å². The SMILES string of the molecule is NCc1ncc(C2CCOC2)s1. The quantitative estimate of drug-likeness (QED) is 0.749. The van der Waals surface area contributed by atoms with Crippen LogP contribution in [0.2, 0.25) is 0 Å². The summed E-state index contributed by atoms with van der Waals surface area (Å²) in [5, 5.41) is 1.02. The summed E-state index contributed by atoms with van der Waals surface area (Å²) in [4.78, 5) is 5.54. The molecule has 0 radical (unpaired) electrons. The number of hydrogen-bond donors (Lipinski definition) is 1. The Morgan fingerprint density at radius 1 is 1.75 bits per heavy atom. The van der Waals surface area contributed by atoms with Crippen LogP contribution in [0.15, 0.2) is 6.20 Å². The molecule has 1 aromatic rings. The smallest absolute Gasteiger partial charge is 0.106 e. The summed E-state index contributed by atoms with van der Waals surface area (Å²) in [6.07, 6.45) is 3.07. The van der Waals surface area contributed by atoms with Gasteiger partial charge in [-0.3, -0.25) is 0 Å². The Labute approximate surface area is 75.6 Å². The maximum Gasteiger partial charge on any atom is 0.106 e. The monoisotopic (exact) mass is 184 g/mol. The summed E-state index contributed by atoms with van der Waals surface area (Å²) in [6, 6.07) is 0. The van der Waals surface area contributed by atoms with E-state index in [1.807, 2.05) is 6.20 Å². The Kier molecular flexibility index (Phi) is 2.39. The Morgan fingerprint density at radius 3 is 3.25 bits per heavy atom. The topological polar surface area (TPSA) is 48.1 Å². The fraction of sp³-hybridized carbons (Fsp3) is 0.625. The molecule has 0 aliphatic carbocycles. The highest BCUT2D eigenvalue weighted by Crippen LogP contribution is 2.29. The number of ether oxygens (including phenoxy) is 1. The fourth-order valence-electron chi connectivity index (χ4n) is 1.37. The first-order chi connectivity index (χ1) is 5.90. The number of hydrogen-bond acceptors (Lipinski definition) is 4. The molecule has 2 N–H and O–H groups in total. The van der Waals surface area contributed by atoms with Gasteiger partial charge in [-0.15, -0.1) is 11.3 Å². The van der Waals surface area contributed by atoms with Crippen LogP contribution in [0.1, 0.15) is 22.2 Å². The molecule has 0 amide bonds. The Morgan fingerprint density at radius 2 is 2.67 bits per heavy atom. The third kappa shape index (κ3) is 1.50. The van der Waals surface area contributed by atoms with Crippen molar-refractivity contribution in [3.63, 3.8) is 0 Å². The van der Waals surface area contributed by atoms with Gasteiger partial charge in [0.05, 0.1) is 6.61 Å². The zero-order chi connectivity index (χ0) is 8.39. The van der Waals surface area contributed by atoms with Crippen molar-refractivity contribution >= 4 is 11.3 Å². The summed E-state index contributed by atoms with van der Waals surface area (Å²) < 4.78 is 5.30. The van der Waals surface area contributed by atoms with Crippen molar-refractivity contribution in [3.8, 4) is 0 Å². The van der Waals surface area contributed by atoms with Crippen LogP contribution in [-0.4, -0.2) is 18.2 Å². The zero-order valence-electron chi connectivity index (χ0n) is 6.82. The highest BCUT2D eigenvalue weighted by atomic mass is 32.1. The lowest BCUT2D eigenvalue weighted by molar-refractivity contribution is 0.194. The van der Waals surface area contributed by atoms with Crippen molar-refractivity contribution in [2.24, 2.45) is 5.73 Å². The van der Waals surface area contributed by atoms with Gasteiger partial charge in [-0.05, 0) is 6.42 Å². The lowest BCUT2D eigenvalue weighted by Gasteiger charge is -2.00. The fourth-order valence-corrected chi connectivity index (χ4v) is 2.29. The number of thiazole rings is 1. The summed E-state index contributed by atoms with van der Waals surface area (Å²) >= 11 is 1.71. The van der Waals surface area contributed by atoms with Crippen LogP contribution >= 0.6 is 11.3 Å². The largest absolute Gasteiger partial charge is 0.381 e. The van der Waals surface area contributed by atoms with Crippen molar-refractivity contribution in [2.75, 3.05) is 13.2 Å². The van der Waals surface area contributed by atoms with Crippen LogP contribution in [0.5, 0.6) is 0 Å². The molecule has 0 bridgehead atoms. The molecular weight excluding hydrogens is 172 g/mol. The van der Waals surface area contributed by atoms with Gasteiger partial charge in [-0.1, -0.05) is 0 Å². The van der Waals surface area contributed by atoms with Crippen molar-refractivity contribution in [1.82, 2.24) is 4.98 Å². The van der Waals surface area contributed by atoms with Gasteiger partial charge in [-0.2, -0.15) is 0 Å². The van der Waals surface area contributed by atoms with Gasteiger partial charge < -0.3 is 10.5 Å². The van der Waals surface area contributed by atoms with Crippen molar-refractivity contribution in [2.45, 2.75) is 18.9 Å². The van der Waals surface area contributed by atoms with Crippen LogP contribution in [0.4, 0.5) is 0 Å². The Hall–Kier alpha value is -0.450. The number of aromatic nitrogens is 1. The first-order valence-electron chi connectivity index (χ1n) is 4.12.